The standard InChI is InChI=1S/C25H36FN3O2/c1-17(24(30)27-25-13-18-9-19(14-25)11-20(10-18)15-25)29-7-5-28(6-8-29)16-21-12-22(26)3-4-23(21)31-2/h3-4,12,17-20H,5-11,13-16H2,1-2H3,(H,27,30)/p+2/t17-,18?,19?,20?,25?/m1/s1. The van der Waals surface area contributed by atoms with Crippen molar-refractivity contribution in [2.75, 3.05) is 33.3 Å². The quantitative estimate of drug-likeness (QED) is 0.618. The van der Waals surface area contributed by atoms with E-state index >= 15 is 0 Å². The van der Waals surface area contributed by atoms with Crippen LogP contribution in [-0.4, -0.2) is 50.8 Å². The number of ether oxygens (including phenoxy) is 1. The number of carbonyl (C=O) groups is 1. The highest BCUT2D eigenvalue weighted by atomic mass is 19.1. The number of hydrogen-bond acceptors (Lipinski definition) is 2. The maximum absolute atomic E-state index is 13.7. The summed E-state index contributed by atoms with van der Waals surface area (Å²) in [5.74, 6) is 3.34. The predicted octanol–water partition coefficient (Wildman–Crippen LogP) is 0.591. The first-order chi connectivity index (χ1) is 14.9. The van der Waals surface area contributed by atoms with Crippen LogP contribution in [0.2, 0.25) is 0 Å². The zero-order valence-corrected chi connectivity index (χ0v) is 19.0. The van der Waals surface area contributed by atoms with Crippen LogP contribution in [0.25, 0.3) is 0 Å². The van der Waals surface area contributed by atoms with Gasteiger partial charge in [-0.1, -0.05) is 0 Å². The number of quaternary nitrogens is 2. The van der Waals surface area contributed by atoms with Crippen molar-refractivity contribution in [2.45, 2.75) is 63.6 Å². The summed E-state index contributed by atoms with van der Waals surface area (Å²) in [4.78, 5) is 16.0. The molecule has 1 aromatic rings. The van der Waals surface area contributed by atoms with Crippen molar-refractivity contribution in [3.63, 3.8) is 0 Å². The SMILES string of the molecule is COc1ccc(F)cc1C[NH+]1CC[NH+]([C@H](C)C(=O)NC23CC4CC(CC(C4)C2)C3)CC1. The molecular weight excluding hydrogens is 393 g/mol. The maximum Gasteiger partial charge on any atom is 0.278 e. The van der Waals surface area contributed by atoms with Gasteiger partial charge in [0.15, 0.2) is 6.04 Å². The van der Waals surface area contributed by atoms with Gasteiger partial charge in [-0.25, -0.2) is 4.39 Å². The zero-order chi connectivity index (χ0) is 21.6. The van der Waals surface area contributed by atoms with Crippen LogP contribution in [0.3, 0.4) is 0 Å². The van der Waals surface area contributed by atoms with E-state index in [0.717, 1.165) is 61.8 Å². The first-order valence-corrected chi connectivity index (χ1v) is 12.3. The van der Waals surface area contributed by atoms with Crippen molar-refractivity contribution in [3.8, 4) is 5.75 Å². The molecular formula is C25H38FN3O2+2. The molecule has 0 aromatic heterocycles. The third kappa shape index (κ3) is 4.34. The summed E-state index contributed by atoms with van der Waals surface area (Å²) in [6, 6.07) is 4.75. The summed E-state index contributed by atoms with van der Waals surface area (Å²) >= 11 is 0. The Morgan fingerprint density at radius 1 is 1.13 bits per heavy atom. The molecule has 1 aliphatic heterocycles. The van der Waals surface area contributed by atoms with E-state index in [2.05, 4.69) is 12.2 Å². The van der Waals surface area contributed by atoms with Gasteiger partial charge in [0.25, 0.3) is 5.91 Å². The second-order valence-corrected chi connectivity index (χ2v) is 11.0. The molecule has 1 amide bonds. The topological polar surface area (TPSA) is 47.2 Å². The first kappa shape index (κ1) is 21.2. The van der Waals surface area contributed by atoms with Gasteiger partial charge in [-0.3, -0.25) is 4.79 Å². The van der Waals surface area contributed by atoms with Gasteiger partial charge in [-0.2, -0.15) is 0 Å². The lowest BCUT2D eigenvalue weighted by Crippen LogP contribution is -3.29. The molecule has 1 saturated heterocycles. The van der Waals surface area contributed by atoms with E-state index in [9.17, 15) is 9.18 Å². The molecule has 170 valence electrons. The second kappa shape index (κ2) is 8.36. The molecule has 4 saturated carbocycles. The summed E-state index contributed by atoms with van der Waals surface area (Å²) < 4.78 is 19.1. The Bertz CT molecular complexity index is 786. The molecule has 0 radical (unpaired) electrons. The molecule has 6 heteroatoms. The lowest BCUT2D eigenvalue weighted by molar-refractivity contribution is -1.02. The number of nitrogens with one attached hydrogen (secondary N) is 3. The van der Waals surface area contributed by atoms with E-state index in [1.165, 1.54) is 54.4 Å². The average Bonchev–Trinajstić information content (AvgIpc) is 2.72. The maximum atomic E-state index is 13.7. The number of methoxy groups -OCH3 is 1. The summed E-state index contributed by atoms with van der Waals surface area (Å²) in [5, 5.41) is 3.57. The van der Waals surface area contributed by atoms with Crippen molar-refractivity contribution < 1.29 is 23.7 Å². The van der Waals surface area contributed by atoms with E-state index in [0.29, 0.717) is 0 Å². The van der Waals surface area contributed by atoms with Crippen LogP contribution in [0.15, 0.2) is 18.2 Å². The van der Waals surface area contributed by atoms with Gasteiger partial charge < -0.3 is 19.9 Å². The summed E-state index contributed by atoms with van der Waals surface area (Å²) in [5.41, 5.74) is 1.02. The molecule has 4 aliphatic carbocycles. The minimum Gasteiger partial charge on any atom is -0.496 e. The molecule has 0 unspecified atom stereocenters. The van der Waals surface area contributed by atoms with Crippen LogP contribution in [0.5, 0.6) is 5.75 Å². The van der Waals surface area contributed by atoms with Crippen LogP contribution < -0.4 is 19.9 Å². The Balaban J connectivity index is 1.15. The number of rotatable bonds is 6. The normalized spacial score (nSPS) is 37.5. The molecule has 1 aromatic carbocycles. The Labute approximate surface area is 185 Å². The highest BCUT2D eigenvalue weighted by Gasteiger charge is 2.52. The fourth-order valence-electron chi connectivity index (χ4n) is 7.51. The lowest BCUT2D eigenvalue weighted by atomic mass is 9.53. The highest BCUT2D eigenvalue weighted by Crippen LogP contribution is 2.55. The predicted molar refractivity (Wildman–Crippen MR) is 117 cm³/mol. The molecule has 5 aliphatic rings. The number of piperazine rings is 1. The highest BCUT2D eigenvalue weighted by molar-refractivity contribution is 5.80. The molecule has 1 atom stereocenters. The largest absolute Gasteiger partial charge is 0.496 e. The van der Waals surface area contributed by atoms with Gasteiger partial charge in [0, 0.05) is 5.54 Å². The van der Waals surface area contributed by atoms with Gasteiger partial charge in [0.05, 0.1) is 12.7 Å². The fourth-order valence-corrected chi connectivity index (χ4v) is 7.51. The molecule has 4 bridgehead atoms. The summed E-state index contributed by atoms with van der Waals surface area (Å²) in [6.45, 7) is 6.80. The molecule has 5 nitrogen and oxygen atoms in total. The van der Waals surface area contributed by atoms with E-state index in [1.807, 2.05) is 0 Å². The molecule has 0 spiro atoms. The van der Waals surface area contributed by atoms with Crippen LogP contribution in [0.4, 0.5) is 4.39 Å². The Morgan fingerprint density at radius 3 is 2.32 bits per heavy atom. The van der Waals surface area contributed by atoms with Crippen molar-refractivity contribution >= 4 is 5.91 Å². The summed E-state index contributed by atoms with van der Waals surface area (Å²) in [6.07, 6.45) is 7.82. The summed E-state index contributed by atoms with van der Waals surface area (Å²) in [7, 11) is 1.64. The third-order valence-corrected chi connectivity index (χ3v) is 8.71. The monoisotopic (exact) mass is 431 g/mol. The van der Waals surface area contributed by atoms with Crippen LogP contribution >= 0.6 is 0 Å². The van der Waals surface area contributed by atoms with E-state index in [-0.39, 0.29) is 23.3 Å². The Morgan fingerprint density at radius 2 is 1.74 bits per heavy atom. The molecule has 6 rings (SSSR count). The van der Waals surface area contributed by atoms with Crippen molar-refractivity contribution in [3.05, 3.63) is 29.6 Å². The number of amides is 1. The second-order valence-electron chi connectivity index (χ2n) is 11.0. The van der Waals surface area contributed by atoms with E-state index in [4.69, 9.17) is 4.74 Å². The Hall–Kier alpha value is -1.66. The van der Waals surface area contributed by atoms with Gasteiger partial charge in [-0.05, 0) is 81.4 Å². The number of benzene rings is 1. The van der Waals surface area contributed by atoms with Crippen molar-refractivity contribution in [1.29, 1.82) is 0 Å². The van der Waals surface area contributed by atoms with Crippen molar-refractivity contribution in [1.82, 2.24) is 5.32 Å². The third-order valence-electron chi connectivity index (χ3n) is 8.71. The molecule has 3 N–H and O–H groups in total. The van der Waals surface area contributed by atoms with Gasteiger partial charge in [0.2, 0.25) is 0 Å². The fraction of sp³-hybridized carbons (Fsp3) is 0.720. The Kier molecular flexibility index (Phi) is 5.72. The smallest absolute Gasteiger partial charge is 0.278 e. The van der Waals surface area contributed by atoms with Gasteiger partial charge in [-0.15, -0.1) is 0 Å². The minimum absolute atomic E-state index is 0.00161. The average molecular weight is 432 g/mol. The molecule has 1 heterocycles. The number of hydrogen-bond donors (Lipinski definition) is 3. The van der Waals surface area contributed by atoms with E-state index in [1.54, 1.807) is 19.2 Å². The van der Waals surface area contributed by atoms with Gasteiger partial charge >= 0.3 is 0 Å². The van der Waals surface area contributed by atoms with Crippen LogP contribution in [0, 0.1) is 23.6 Å². The molecule has 5 fully saturated rings. The van der Waals surface area contributed by atoms with Crippen LogP contribution in [-0.2, 0) is 11.3 Å². The first-order valence-electron chi connectivity index (χ1n) is 12.3. The zero-order valence-electron chi connectivity index (χ0n) is 19.0. The van der Waals surface area contributed by atoms with Crippen molar-refractivity contribution in [2.24, 2.45) is 17.8 Å². The lowest BCUT2D eigenvalue weighted by Gasteiger charge is -2.57. The molecule has 31 heavy (non-hydrogen) atoms. The minimum atomic E-state index is -0.213. The van der Waals surface area contributed by atoms with E-state index < -0.39 is 0 Å². The van der Waals surface area contributed by atoms with Crippen LogP contribution in [0.1, 0.15) is 51.0 Å². The number of carbonyl (C=O) groups excluding carboxylic acids is 1. The number of halogens is 1. The van der Waals surface area contributed by atoms with Gasteiger partial charge in [0.1, 0.15) is 44.3 Å².